The summed E-state index contributed by atoms with van der Waals surface area (Å²) in [7, 11) is 0. The Labute approximate surface area is 86.7 Å². The summed E-state index contributed by atoms with van der Waals surface area (Å²) in [6, 6.07) is 7.56. The lowest BCUT2D eigenvalue weighted by Gasteiger charge is -1.92. The van der Waals surface area contributed by atoms with Crippen molar-refractivity contribution in [3.05, 3.63) is 34.5 Å². The van der Waals surface area contributed by atoms with E-state index in [-0.39, 0.29) is 0 Å². The minimum atomic E-state index is 0.360. The van der Waals surface area contributed by atoms with Gasteiger partial charge in [-0.05, 0) is 25.1 Å². The van der Waals surface area contributed by atoms with E-state index in [1.165, 1.54) is 0 Å². The Morgan fingerprint density at radius 3 is 3.00 bits per heavy atom. The number of halogens is 1. The monoisotopic (exact) mass is 205 g/mol. The third-order valence-electron chi connectivity index (χ3n) is 2.21. The zero-order chi connectivity index (χ0) is 10.1. The summed E-state index contributed by atoms with van der Waals surface area (Å²) >= 11 is 5.88. The van der Waals surface area contributed by atoms with Crippen LogP contribution in [0.2, 0.25) is 5.02 Å². The van der Waals surface area contributed by atoms with Crippen molar-refractivity contribution in [3.8, 4) is 6.07 Å². The van der Waals surface area contributed by atoms with Crippen molar-refractivity contribution < 1.29 is 4.42 Å². The maximum atomic E-state index is 8.67. The molecule has 0 aliphatic carbocycles. The number of rotatable bonds is 1. The molecule has 1 aromatic heterocycles. The van der Waals surface area contributed by atoms with Gasteiger partial charge < -0.3 is 4.42 Å². The van der Waals surface area contributed by atoms with Crippen molar-refractivity contribution in [1.29, 1.82) is 5.26 Å². The van der Waals surface area contributed by atoms with E-state index < -0.39 is 0 Å². The maximum absolute atomic E-state index is 8.67. The van der Waals surface area contributed by atoms with Gasteiger partial charge in [0.2, 0.25) is 0 Å². The van der Waals surface area contributed by atoms with Gasteiger partial charge in [-0.3, -0.25) is 0 Å². The fourth-order valence-corrected chi connectivity index (χ4v) is 1.71. The van der Waals surface area contributed by atoms with Crippen LogP contribution in [0.1, 0.15) is 11.3 Å². The van der Waals surface area contributed by atoms with Gasteiger partial charge in [0.1, 0.15) is 11.3 Å². The third-order valence-corrected chi connectivity index (χ3v) is 2.45. The summed E-state index contributed by atoms with van der Waals surface area (Å²) in [5.41, 5.74) is 1.72. The van der Waals surface area contributed by atoms with Crippen LogP contribution in [0.25, 0.3) is 11.0 Å². The largest absolute Gasteiger partial charge is 0.461 e. The first-order valence-electron chi connectivity index (χ1n) is 4.27. The predicted octanol–water partition coefficient (Wildman–Crippen LogP) is 3.46. The summed E-state index contributed by atoms with van der Waals surface area (Å²) in [5.74, 6) is 0.795. The second-order valence-electron chi connectivity index (χ2n) is 3.11. The molecule has 0 radical (unpaired) electrons. The quantitative estimate of drug-likeness (QED) is 0.715. The number of benzene rings is 1. The van der Waals surface area contributed by atoms with Gasteiger partial charge in [0.15, 0.2) is 0 Å². The van der Waals surface area contributed by atoms with Gasteiger partial charge in [0.05, 0.1) is 12.5 Å². The second kappa shape index (κ2) is 3.36. The van der Waals surface area contributed by atoms with E-state index in [9.17, 15) is 0 Å². The molecule has 0 saturated carbocycles. The molecule has 3 heteroatoms. The SMILES string of the molecule is Cc1oc2ccc(Cl)cc2c1CC#N. The molecule has 2 aromatic rings. The Balaban J connectivity index is 2.74. The van der Waals surface area contributed by atoms with E-state index >= 15 is 0 Å². The van der Waals surface area contributed by atoms with Crippen molar-refractivity contribution in [3.63, 3.8) is 0 Å². The summed E-state index contributed by atoms with van der Waals surface area (Å²) in [4.78, 5) is 0. The number of aryl methyl sites for hydroxylation is 1. The topological polar surface area (TPSA) is 36.9 Å². The lowest BCUT2D eigenvalue weighted by molar-refractivity contribution is 0.574. The van der Waals surface area contributed by atoms with Gasteiger partial charge >= 0.3 is 0 Å². The Morgan fingerprint density at radius 2 is 2.29 bits per heavy atom. The summed E-state index contributed by atoms with van der Waals surface area (Å²) < 4.78 is 5.50. The molecular weight excluding hydrogens is 198 g/mol. The number of nitriles is 1. The molecule has 0 saturated heterocycles. The van der Waals surface area contributed by atoms with Gasteiger partial charge in [-0.15, -0.1) is 0 Å². The smallest absolute Gasteiger partial charge is 0.134 e. The van der Waals surface area contributed by atoms with Crippen molar-refractivity contribution in [2.45, 2.75) is 13.3 Å². The summed E-state index contributed by atoms with van der Waals surface area (Å²) in [5, 5.41) is 10.3. The molecule has 0 unspecified atom stereocenters. The molecule has 2 nitrogen and oxygen atoms in total. The van der Waals surface area contributed by atoms with Crippen LogP contribution in [-0.2, 0) is 6.42 Å². The normalized spacial score (nSPS) is 10.4. The fraction of sp³-hybridized carbons (Fsp3) is 0.182. The highest BCUT2D eigenvalue weighted by Gasteiger charge is 2.10. The maximum Gasteiger partial charge on any atom is 0.134 e. The van der Waals surface area contributed by atoms with E-state index in [4.69, 9.17) is 21.3 Å². The first-order valence-corrected chi connectivity index (χ1v) is 4.64. The van der Waals surface area contributed by atoms with E-state index in [1.54, 1.807) is 6.07 Å². The highest BCUT2D eigenvalue weighted by Crippen LogP contribution is 2.28. The number of furan rings is 1. The minimum Gasteiger partial charge on any atom is -0.461 e. The highest BCUT2D eigenvalue weighted by molar-refractivity contribution is 6.31. The van der Waals surface area contributed by atoms with Crippen LogP contribution in [-0.4, -0.2) is 0 Å². The molecule has 1 aromatic carbocycles. The Bertz CT molecular complexity index is 522. The molecule has 1 heterocycles. The van der Waals surface area contributed by atoms with Crippen molar-refractivity contribution >= 4 is 22.6 Å². The van der Waals surface area contributed by atoms with Crippen molar-refractivity contribution in [2.24, 2.45) is 0 Å². The number of hydrogen-bond donors (Lipinski definition) is 0. The van der Waals surface area contributed by atoms with Crippen molar-refractivity contribution in [2.75, 3.05) is 0 Å². The van der Waals surface area contributed by atoms with Gasteiger partial charge in [0.25, 0.3) is 0 Å². The summed E-state index contributed by atoms with van der Waals surface area (Å²) in [6.07, 6.45) is 0.360. The molecule has 0 aliphatic rings. The molecule has 14 heavy (non-hydrogen) atoms. The van der Waals surface area contributed by atoms with Gasteiger partial charge in [-0.2, -0.15) is 5.26 Å². The van der Waals surface area contributed by atoms with E-state index in [0.717, 1.165) is 22.3 Å². The molecule has 0 N–H and O–H groups in total. The van der Waals surface area contributed by atoms with Gasteiger partial charge in [-0.25, -0.2) is 0 Å². The van der Waals surface area contributed by atoms with Gasteiger partial charge in [0, 0.05) is 16.0 Å². The first-order chi connectivity index (χ1) is 6.72. The second-order valence-corrected chi connectivity index (χ2v) is 3.55. The fourth-order valence-electron chi connectivity index (χ4n) is 1.54. The van der Waals surface area contributed by atoms with Gasteiger partial charge in [-0.1, -0.05) is 11.6 Å². The van der Waals surface area contributed by atoms with Crippen LogP contribution in [0.5, 0.6) is 0 Å². The zero-order valence-corrected chi connectivity index (χ0v) is 8.43. The Morgan fingerprint density at radius 1 is 1.50 bits per heavy atom. The molecular formula is C11H8ClNO. The minimum absolute atomic E-state index is 0.360. The average molecular weight is 206 g/mol. The molecule has 0 atom stereocenters. The van der Waals surface area contributed by atoms with Crippen LogP contribution < -0.4 is 0 Å². The first kappa shape index (κ1) is 9.11. The van der Waals surface area contributed by atoms with Crippen LogP contribution in [0.15, 0.2) is 22.6 Å². The number of nitrogens with zero attached hydrogens (tertiary/aromatic N) is 1. The molecule has 70 valence electrons. The van der Waals surface area contributed by atoms with E-state index in [2.05, 4.69) is 6.07 Å². The number of fused-ring (bicyclic) bond motifs is 1. The van der Waals surface area contributed by atoms with E-state index in [1.807, 2.05) is 19.1 Å². The zero-order valence-electron chi connectivity index (χ0n) is 7.67. The average Bonchev–Trinajstić information content (AvgIpc) is 2.45. The number of hydrogen-bond acceptors (Lipinski definition) is 2. The molecule has 0 aliphatic heterocycles. The lowest BCUT2D eigenvalue weighted by Crippen LogP contribution is -1.81. The molecule has 0 bridgehead atoms. The van der Waals surface area contributed by atoms with Crippen LogP contribution in [0, 0.1) is 18.3 Å². The molecule has 0 fully saturated rings. The lowest BCUT2D eigenvalue weighted by atomic mass is 10.1. The van der Waals surface area contributed by atoms with Crippen molar-refractivity contribution in [1.82, 2.24) is 0 Å². The molecule has 0 amide bonds. The van der Waals surface area contributed by atoms with E-state index in [0.29, 0.717) is 11.4 Å². The van der Waals surface area contributed by atoms with Crippen LogP contribution >= 0.6 is 11.6 Å². The highest BCUT2D eigenvalue weighted by atomic mass is 35.5. The van der Waals surface area contributed by atoms with Crippen LogP contribution in [0.4, 0.5) is 0 Å². The predicted molar refractivity (Wildman–Crippen MR) is 55.3 cm³/mol. The molecule has 2 rings (SSSR count). The standard InChI is InChI=1S/C11H8ClNO/c1-7-9(4-5-13)10-6-8(12)2-3-11(10)14-7/h2-3,6H,4H2,1H3. The Hall–Kier alpha value is -1.46. The third kappa shape index (κ3) is 1.36. The Kier molecular flexibility index (Phi) is 2.18. The molecule has 0 spiro atoms. The van der Waals surface area contributed by atoms with Crippen LogP contribution in [0.3, 0.4) is 0 Å². The summed E-state index contributed by atoms with van der Waals surface area (Å²) in [6.45, 7) is 1.86.